The Balaban J connectivity index is 1.92. The predicted molar refractivity (Wildman–Crippen MR) is 38.4 cm³/mol. The standard InChI is InChI=1S/C8H13F2N/c9-8(10,6-1-2-6)5-7(11)3-4-7/h6H,1-5,11H2. The van der Waals surface area contributed by atoms with Crippen molar-refractivity contribution in [3.63, 3.8) is 0 Å². The van der Waals surface area contributed by atoms with Crippen molar-refractivity contribution in [2.45, 2.75) is 43.6 Å². The largest absolute Gasteiger partial charge is 0.325 e. The van der Waals surface area contributed by atoms with Crippen LogP contribution in [0.3, 0.4) is 0 Å². The van der Waals surface area contributed by atoms with Gasteiger partial charge in [-0.2, -0.15) is 0 Å². The Labute approximate surface area is 65.0 Å². The van der Waals surface area contributed by atoms with E-state index in [1.54, 1.807) is 0 Å². The minimum absolute atomic E-state index is 0.0787. The van der Waals surface area contributed by atoms with E-state index < -0.39 is 11.5 Å². The maximum atomic E-state index is 13.1. The number of hydrogen-bond acceptors (Lipinski definition) is 1. The highest BCUT2D eigenvalue weighted by atomic mass is 19.3. The van der Waals surface area contributed by atoms with E-state index in [0.29, 0.717) is 12.8 Å². The van der Waals surface area contributed by atoms with Crippen molar-refractivity contribution >= 4 is 0 Å². The molecule has 2 rings (SSSR count). The number of halogens is 2. The summed E-state index contributed by atoms with van der Waals surface area (Å²) in [6, 6.07) is 0. The summed E-state index contributed by atoms with van der Waals surface area (Å²) in [6.07, 6.45) is 2.89. The average molecular weight is 161 g/mol. The molecule has 0 saturated heterocycles. The molecule has 0 unspecified atom stereocenters. The van der Waals surface area contributed by atoms with Crippen LogP contribution in [0.25, 0.3) is 0 Å². The smallest absolute Gasteiger partial charge is 0.252 e. The molecule has 0 amide bonds. The summed E-state index contributed by atoms with van der Waals surface area (Å²) in [5, 5.41) is 0. The maximum Gasteiger partial charge on any atom is 0.252 e. The van der Waals surface area contributed by atoms with E-state index in [-0.39, 0.29) is 12.3 Å². The van der Waals surface area contributed by atoms with E-state index in [9.17, 15) is 8.78 Å². The Hall–Kier alpha value is -0.180. The summed E-state index contributed by atoms with van der Waals surface area (Å²) in [5.41, 5.74) is 5.12. The first-order valence-electron chi connectivity index (χ1n) is 4.19. The van der Waals surface area contributed by atoms with Crippen LogP contribution in [0.4, 0.5) is 8.78 Å². The maximum absolute atomic E-state index is 13.1. The Bertz CT molecular complexity index is 171. The van der Waals surface area contributed by atoms with Gasteiger partial charge in [-0.05, 0) is 25.7 Å². The first kappa shape index (κ1) is 7.47. The van der Waals surface area contributed by atoms with E-state index in [1.165, 1.54) is 0 Å². The van der Waals surface area contributed by atoms with Gasteiger partial charge >= 0.3 is 0 Å². The normalized spacial score (nSPS) is 28.6. The summed E-state index contributed by atoms with van der Waals surface area (Å²) in [5.74, 6) is -2.81. The summed E-state index contributed by atoms with van der Waals surface area (Å²) in [7, 11) is 0. The van der Waals surface area contributed by atoms with Gasteiger partial charge in [0.2, 0.25) is 0 Å². The fourth-order valence-electron chi connectivity index (χ4n) is 1.46. The van der Waals surface area contributed by atoms with E-state index in [2.05, 4.69) is 0 Å². The molecule has 2 fully saturated rings. The predicted octanol–water partition coefficient (Wildman–Crippen LogP) is 1.91. The molecule has 2 aliphatic carbocycles. The fourth-order valence-corrected chi connectivity index (χ4v) is 1.46. The molecule has 2 N–H and O–H groups in total. The lowest BCUT2D eigenvalue weighted by Gasteiger charge is -2.19. The lowest BCUT2D eigenvalue weighted by molar-refractivity contribution is -0.0385. The van der Waals surface area contributed by atoms with Crippen molar-refractivity contribution in [3.8, 4) is 0 Å². The van der Waals surface area contributed by atoms with Gasteiger partial charge in [0.1, 0.15) is 0 Å². The van der Waals surface area contributed by atoms with Crippen LogP contribution >= 0.6 is 0 Å². The SMILES string of the molecule is NC1(CC(F)(F)C2CC2)CC1. The zero-order valence-corrected chi connectivity index (χ0v) is 6.45. The first-order chi connectivity index (χ1) is 5.02. The third-order valence-electron chi connectivity index (χ3n) is 2.65. The molecular formula is C8H13F2N. The van der Waals surface area contributed by atoms with E-state index in [1.807, 2.05) is 0 Å². The van der Waals surface area contributed by atoms with Crippen LogP contribution in [-0.2, 0) is 0 Å². The van der Waals surface area contributed by atoms with Gasteiger partial charge in [0.25, 0.3) is 5.92 Å². The van der Waals surface area contributed by atoms with E-state index in [0.717, 1.165) is 12.8 Å². The molecular weight excluding hydrogens is 148 g/mol. The molecule has 0 bridgehead atoms. The topological polar surface area (TPSA) is 26.0 Å². The van der Waals surface area contributed by atoms with Crippen LogP contribution in [-0.4, -0.2) is 11.5 Å². The van der Waals surface area contributed by atoms with E-state index >= 15 is 0 Å². The summed E-state index contributed by atoms with van der Waals surface area (Å²) in [4.78, 5) is 0. The molecule has 11 heavy (non-hydrogen) atoms. The van der Waals surface area contributed by atoms with Crippen LogP contribution in [0.1, 0.15) is 32.1 Å². The minimum atomic E-state index is -2.47. The molecule has 2 saturated carbocycles. The van der Waals surface area contributed by atoms with Crippen molar-refractivity contribution in [1.82, 2.24) is 0 Å². The molecule has 0 aliphatic heterocycles. The number of rotatable bonds is 3. The number of hydrogen-bond donors (Lipinski definition) is 1. The molecule has 0 aromatic rings. The molecule has 2 aliphatic rings. The summed E-state index contributed by atoms with van der Waals surface area (Å²) < 4.78 is 26.1. The third kappa shape index (κ3) is 1.53. The van der Waals surface area contributed by atoms with Crippen LogP contribution in [0, 0.1) is 5.92 Å². The van der Waals surface area contributed by atoms with Crippen LogP contribution in [0.15, 0.2) is 0 Å². The van der Waals surface area contributed by atoms with Crippen molar-refractivity contribution in [2.75, 3.05) is 0 Å². The van der Waals surface area contributed by atoms with Crippen molar-refractivity contribution in [1.29, 1.82) is 0 Å². The Morgan fingerprint density at radius 3 is 2.27 bits per heavy atom. The highest BCUT2D eigenvalue weighted by Gasteiger charge is 2.54. The fraction of sp³-hybridized carbons (Fsp3) is 1.00. The van der Waals surface area contributed by atoms with Crippen molar-refractivity contribution in [3.05, 3.63) is 0 Å². The van der Waals surface area contributed by atoms with Crippen LogP contribution in [0.5, 0.6) is 0 Å². The molecule has 0 aromatic heterocycles. The zero-order chi connectivity index (χ0) is 8.11. The average Bonchev–Trinajstić information content (AvgIpc) is 2.58. The molecule has 1 nitrogen and oxygen atoms in total. The second kappa shape index (κ2) is 1.94. The van der Waals surface area contributed by atoms with Crippen LogP contribution < -0.4 is 5.73 Å². The van der Waals surface area contributed by atoms with Crippen LogP contribution in [0.2, 0.25) is 0 Å². The van der Waals surface area contributed by atoms with Crippen molar-refractivity contribution in [2.24, 2.45) is 11.7 Å². The molecule has 0 aromatic carbocycles. The molecule has 0 atom stereocenters. The Morgan fingerprint density at radius 1 is 1.36 bits per heavy atom. The number of nitrogens with two attached hydrogens (primary N) is 1. The minimum Gasteiger partial charge on any atom is -0.325 e. The lowest BCUT2D eigenvalue weighted by atomic mass is 10.0. The third-order valence-corrected chi connectivity index (χ3v) is 2.65. The Kier molecular flexibility index (Phi) is 1.32. The Morgan fingerprint density at radius 2 is 1.91 bits per heavy atom. The van der Waals surface area contributed by atoms with Gasteiger partial charge in [-0.25, -0.2) is 8.78 Å². The highest BCUT2D eigenvalue weighted by molar-refractivity contribution is 5.04. The second-order valence-corrected chi connectivity index (χ2v) is 4.07. The molecule has 0 radical (unpaired) electrons. The molecule has 0 spiro atoms. The highest BCUT2D eigenvalue weighted by Crippen LogP contribution is 2.51. The first-order valence-corrected chi connectivity index (χ1v) is 4.19. The monoisotopic (exact) mass is 161 g/mol. The van der Waals surface area contributed by atoms with Gasteiger partial charge in [0.15, 0.2) is 0 Å². The van der Waals surface area contributed by atoms with Gasteiger partial charge in [0.05, 0.1) is 0 Å². The van der Waals surface area contributed by atoms with Gasteiger partial charge in [-0.1, -0.05) is 0 Å². The van der Waals surface area contributed by atoms with Gasteiger partial charge in [0, 0.05) is 17.9 Å². The molecule has 64 valence electrons. The van der Waals surface area contributed by atoms with Gasteiger partial charge < -0.3 is 5.73 Å². The second-order valence-electron chi connectivity index (χ2n) is 4.07. The van der Waals surface area contributed by atoms with Crippen molar-refractivity contribution < 1.29 is 8.78 Å². The van der Waals surface area contributed by atoms with Gasteiger partial charge in [-0.15, -0.1) is 0 Å². The molecule has 0 heterocycles. The quantitative estimate of drug-likeness (QED) is 0.672. The number of alkyl halides is 2. The summed E-state index contributed by atoms with van der Waals surface area (Å²) >= 11 is 0. The van der Waals surface area contributed by atoms with E-state index in [4.69, 9.17) is 5.73 Å². The zero-order valence-electron chi connectivity index (χ0n) is 6.45. The summed E-state index contributed by atoms with van der Waals surface area (Å²) in [6.45, 7) is 0. The molecule has 3 heteroatoms. The van der Waals surface area contributed by atoms with Gasteiger partial charge in [-0.3, -0.25) is 0 Å². The lowest BCUT2D eigenvalue weighted by Crippen LogP contribution is -2.33.